The van der Waals surface area contributed by atoms with Crippen LogP contribution in [0, 0.1) is 5.92 Å². The molecule has 0 aliphatic carbocycles. The Morgan fingerprint density at radius 3 is 2.87 bits per heavy atom. The number of piperidine rings is 1. The molecule has 0 bridgehead atoms. The first-order valence-electron chi connectivity index (χ1n) is 6.33. The summed E-state index contributed by atoms with van der Waals surface area (Å²) in [5, 5.41) is 12.6. The second-order valence-corrected chi connectivity index (χ2v) is 4.78. The summed E-state index contributed by atoms with van der Waals surface area (Å²) < 4.78 is 0. The summed E-state index contributed by atoms with van der Waals surface area (Å²) in [5.41, 5.74) is 0. The van der Waals surface area contributed by atoms with Crippen LogP contribution in [0.3, 0.4) is 0 Å². The smallest absolute Gasteiger partial charge is 0.0468 e. The van der Waals surface area contributed by atoms with Gasteiger partial charge in [-0.2, -0.15) is 0 Å². The summed E-state index contributed by atoms with van der Waals surface area (Å²) in [6.07, 6.45) is 3.80. The van der Waals surface area contributed by atoms with Gasteiger partial charge in [0.05, 0.1) is 0 Å². The molecule has 0 spiro atoms. The minimum atomic E-state index is 0.306. The average Bonchev–Trinajstić information content (AvgIpc) is 2.29. The number of aliphatic hydroxyl groups is 1. The fourth-order valence-electron chi connectivity index (χ4n) is 2.31. The van der Waals surface area contributed by atoms with E-state index in [1.165, 1.54) is 25.8 Å². The number of hydrogen-bond acceptors (Lipinski definition) is 3. The highest BCUT2D eigenvalue weighted by molar-refractivity contribution is 4.79. The molecule has 1 heterocycles. The highest BCUT2D eigenvalue weighted by atomic mass is 16.3. The third kappa shape index (κ3) is 4.49. The van der Waals surface area contributed by atoms with E-state index in [2.05, 4.69) is 24.1 Å². The normalized spacial score (nSPS) is 24.4. The predicted octanol–water partition coefficient (Wildman–Crippen LogP) is 1.08. The molecule has 1 aliphatic heterocycles. The Hall–Kier alpha value is -0.120. The quantitative estimate of drug-likeness (QED) is 0.694. The van der Waals surface area contributed by atoms with Crippen molar-refractivity contribution in [1.82, 2.24) is 10.2 Å². The van der Waals surface area contributed by atoms with E-state index in [4.69, 9.17) is 5.11 Å². The second kappa shape index (κ2) is 7.20. The second-order valence-electron chi connectivity index (χ2n) is 4.78. The maximum atomic E-state index is 9.11. The van der Waals surface area contributed by atoms with Crippen LogP contribution in [0.1, 0.15) is 33.1 Å². The van der Waals surface area contributed by atoms with Crippen molar-refractivity contribution in [1.29, 1.82) is 0 Å². The molecule has 1 saturated heterocycles. The highest BCUT2D eigenvalue weighted by Crippen LogP contribution is 2.13. The first kappa shape index (κ1) is 12.9. The SMILES string of the molecule is CCCN(CC(C)CO)C1CCCNC1. The van der Waals surface area contributed by atoms with Crippen molar-refractivity contribution in [2.75, 3.05) is 32.8 Å². The van der Waals surface area contributed by atoms with Crippen molar-refractivity contribution in [3.63, 3.8) is 0 Å². The molecule has 0 amide bonds. The Kier molecular flexibility index (Phi) is 6.22. The summed E-state index contributed by atoms with van der Waals surface area (Å²) in [7, 11) is 0. The zero-order chi connectivity index (χ0) is 11.1. The largest absolute Gasteiger partial charge is 0.396 e. The van der Waals surface area contributed by atoms with E-state index >= 15 is 0 Å². The van der Waals surface area contributed by atoms with Gasteiger partial charge in [-0.3, -0.25) is 4.90 Å². The molecule has 0 aromatic heterocycles. The lowest BCUT2D eigenvalue weighted by molar-refractivity contribution is 0.120. The summed E-state index contributed by atoms with van der Waals surface area (Å²) >= 11 is 0. The molecule has 2 N–H and O–H groups in total. The molecule has 90 valence electrons. The van der Waals surface area contributed by atoms with Gasteiger partial charge in [0, 0.05) is 25.7 Å². The number of hydrogen-bond donors (Lipinski definition) is 2. The molecule has 0 radical (unpaired) electrons. The Morgan fingerprint density at radius 1 is 1.53 bits per heavy atom. The molecule has 2 atom stereocenters. The Morgan fingerprint density at radius 2 is 2.33 bits per heavy atom. The number of rotatable bonds is 6. The Labute approximate surface area is 93.9 Å². The van der Waals surface area contributed by atoms with E-state index in [0.29, 0.717) is 18.6 Å². The van der Waals surface area contributed by atoms with Crippen LogP contribution in [0.2, 0.25) is 0 Å². The van der Waals surface area contributed by atoms with Gasteiger partial charge in [-0.25, -0.2) is 0 Å². The van der Waals surface area contributed by atoms with E-state index in [9.17, 15) is 0 Å². The predicted molar refractivity (Wildman–Crippen MR) is 64.0 cm³/mol. The molecule has 3 heteroatoms. The Balaban J connectivity index is 2.39. The minimum absolute atomic E-state index is 0.306. The van der Waals surface area contributed by atoms with Gasteiger partial charge >= 0.3 is 0 Å². The maximum absolute atomic E-state index is 9.11. The van der Waals surface area contributed by atoms with Crippen molar-refractivity contribution in [2.45, 2.75) is 39.2 Å². The topological polar surface area (TPSA) is 35.5 Å². The molecule has 0 aromatic carbocycles. The van der Waals surface area contributed by atoms with Gasteiger partial charge in [0.2, 0.25) is 0 Å². The van der Waals surface area contributed by atoms with Gasteiger partial charge in [-0.05, 0) is 38.3 Å². The lowest BCUT2D eigenvalue weighted by Crippen LogP contribution is -2.48. The molecular weight excluding hydrogens is 188 g/mol. The standard InChI is InChI=1S/C12H26N2O/c1-3-7-14(9-11(2)10-15)12-5-4-6-13-8-12/h11-13,15H,3-10H2,1-2H3. The van der Waals surface area contributed by atoms with E-state index in [1.807, 2.05) is 0 Å². The summed E-state index contributed by atoms with van der Waals surface area (Å²) in [6.45, 7) is 9.16. The molecule has 1 aliphatic rings. The van der Waals surface area contributed by atoms with Crippen LogP contribution in [0.15, 0.2) is 0 Å². The molecule has 1 rings (SSSR count). The first-order valence-corrected chi connectivity index (χ1v) is 6.33. The lowest BCUT2D eigenvalue weighted by atomic mass is 10.0. The van der Waals surface area contributed by atoms with Crippen LogP contribution in [0.5, 0.6) is 0 Å². The zero-order valence-corrected chi connectivity index (χ0v) is 10.2. The molecule has 2 unspecified atom stereocenters. The fourth-order valence-corrected chi connectivity index (χ4v) is 2.31. The molecular formula is C12H26N2O. The van der Waals surface area contributed by atoms with Gasteiger partial charge in [0.25, 0.3) is 0 Å². The summed E-state index contributed by atoms with van der Waals surface area (Å²) in [4.78, 5) is 2.55. The fraction of sp³-hybridized carbons (Fsp3) is 1.00. The number of nitrogens with one attached hydrogen (secondary N) is 1. The minimum Gasteiger partial charge on any atom is -0.396 e. The molecule has 1 fully saturated rings. The monoisotopic (exact) mass is 214 g/mol. The molecule has 0 saturated carbocycles. The zero-order valence-electron chi connectivity index (χ0n) is 10.2. The highest BCUT2D eigenvalue weighted by Gasteiger charge is 2.21. The van der Waals surface area contributed by atoms with E-state index in [-0.39, 0.29) is 0 Å². The molecule has 0 aromatic rings. The first-order chi connectivity index (χ1) is 7.27. The average molecular weight is 214 g/mol. The summed E-state index contributed by atoms with van der Waals surface area (Å²) in [5.74, 6) is 0.401. The molecule has 15 heavy (non-hydrogen) atoms. The lowest BCUT2D eigenvalue weighted by Gasteiger charge is -2.35. The van der Waals surface area contributed by atoms with Gasteiger partial charge in [-0.1, -0.05) is 13.8 Å². The third-order valence-electron chi connectivity index (χ3n) is 3.16. The van der Waals surface area contributed by atoms with Crippen LogP contribution in [0.25, 0.3) is 0 Å². The van der Waals surface area contributed by atoms with Gasteiger partial charge < -0.3 is 10.4 Å². The van der Waals surface area contributed by atoms with Gasteiger partial charge in [-0.15, -0.1) is 0 Å². The summed E-state index contributed by atoms with van der Waals surface area (Å²) in [6, 6.07) is 0.688. The van der Waals surface area contributed by atoms with Gasteiger partial charge in [0.1, 0.15) is 0 Å². The van der Waals surface area contributed by atoms with Crippen LogP contribution in [0.4, 0.5) is 0 Å². The maximum Gasteiger partial charge on any atom is 0.0468 e. The van der Waals surface area contributed by atoms with E-state index < -0.39 is 0 Å². The van der Waals surface area contributed by atoms with Crippen molar-refractivity contribution in [3.05, 3.63) is 0 Å². The van der Waals surface area contributed by atoms with Crippen LogP contribution in [-0.2, 0) is 0 Å². The van der Waals surface area contributed by atoms with E-state index in [0.717, 1.165) is 19.6 Å². The number of nitrogens with zero attached hydrogens (tertiary/aromatic N) is 1. The van der Waals surface area contributed by atoms with Crippen molar-refractivity contribution in [2.24, 2.45) is 5.92 Å². The van der Waals surface area contributed by atoms with Crippen molar-refractivity contribution in [3.8, 4) is 0 Å². The van der Waals surface area contributed by atoms with Crippen LogP contribution < -0.4 is 5.32 Å². The molecule has 3 nitrogen and oxygen atoms in total. The van der Waals surface area contributed by atoms with Crippen LogP contribution in [-0.4, -0.2) is 48.8 Å². The van der Waals surface area contributed by atoms with Crippen molar-refractivity contribution >= 4 is 0 Å². The van der Waals surface area contributed by atoms with Crippen LogP contribution >= 0.6 is 0 Å². The van der Waals surface area contributed by atoms with Gasteiger partial charge in [0.15, 0.2) is 0 Å². The third-order valence-corrected chi connectivity index (χ3v) is 3.16. The van der Waals surface area contributed by atoms with E-state index in [1.54, 1.807) is 0 Å². The number of aliphatic hydroxyl groups excluding tert-OH is 1. The van der Waals surface area contributed by atoms with Crippen molar-refractivity contribution < 1.29 is 5.11 Å². The Bertz CT molecular complexity index is 158.